The van der Waals surface area contributed by atoms with Gasteiger partial charge in [0.1, 0.15) is 6.10 Å². The third-order valence-corrected chi connectivity index (χ3v) is 4.65. The third-order valence-electron chi connectivity index (χ3n) is 4.65. The number of aryl methyl sites for hydroxylation is 1. The summed E-state index contributed by atoms with van der Waals surface area (Å²) >= 11 is 0. The Kier molecular flexibility index (Phi) is 5.37. The van der Waals surface area contributed by atoms with Crippen molar-refractivity contribution in [1.29, 1.82) is 0 Å². The van der Waals surface area contributed by atoms with Crippen molar-refractivity contribution in [2.75, 3.05) is 13.1 Å². The van der Waals surface area contributed by atoms with Gasteiger partial charge in [-0.3, -0.25) is 4.79 Å². The van der Waals surface area contributed by atoms with Gasteiger partial charge in [0.2, 0.25) is 11.8 Å². The SMILES string of the molecule is Cc1cccc(OC2CCN(C(=O)Cc3ccc(C(C)C)cc3)C2)n1. The number of nitrogens with zero attached hydrogens (tertiary/aromatic N) is 2. The normalized spacial score (nSPS) is 17.1. The molecule has 0 aliphatic carbocycles. The van der Waals surface area contributed by atoms with E-state index in [1.807, 2.05) is 30.0 Å². The fraction of sp³-hybridized carbons (Fsp3) is 0.429. The molecule has 1 atom stereocenters. The van der Waals surface area contributed by atoms with Gasteiger partial charge in [-0.2, -0.15) is 0 Å². The molecule has 0 radical (unpaired) electrons. The molecule has 1 unspecified atom stereocenters. The zero-order chi connectivity index (χ0) is 17.8. The number of likely N-dealkylation sites (tertiary alicyclic amines) is 1. The first-order chi connectivity index (χ1) is 12.0. The number of rotatable bonds is 5. The molecule has 3 rings (SSSR count). The zero-order valence-corrected chi connectivity index (χ0v) is 15.2. The van der Waals surface area contributed by atoms with E-state index in [-0.39, 0.29) is 12.0 Å². The standard InChI is InChI=1S/C21H26N2O2/c1-15(2)18-9-7-17(8-10-18)13-21(24)23-12-11-19(14-23)25-20-6-4-5-16(3)22-20/h4-10,15,19H,11-14H2,1-3H3. The second-order valence-corrected chi connectivity index (χ2v) is 7.06. The largest absolute Gasteiger partial charge is 0.472 e. The molecular weight excluding hydrogens is 312 g/mol. The molecular formula is C21H26N2O2. The molecule has 1 fully saturated rings. The molecule has 0 saturated carbocycles. The first kappa shape index (κ1) is 17.5. The van der Waals surface area contributed by atoms with Gasteiger partial charge in [0.15, 0.2) is 0 Å². The minimum Gasteiger partial charge on any atom is -0.472 e. The molecule has 1 amide bonds. The van der Waals surface area contributed by atoms with Crippen molar-refractivity contribution in [3.05, 3.63) is 59.3 Å². The molecule has 0 N–H and O–H groups in total. The molecule has 0 spiro atoms. The fourth-order valence-electron chi connectivity index (χ4n) is 3.11. The molecule has 4 nitrogen and oxygen atoms in total. The molecule has 1 aliphatic rings. The Balaban J connectivity index is 1.53. The summed E-state index contributed by atoms with van der Waals surface area (Å²) in [6.45, 7) is 7.68. The highest BCUT2D eigenvalue weighted by atomic mass is 16.5. The minimum atomic E-state index is 0.0292. The summed E-state index contributed by atoms with van der Waals surface area (Å²) in [5.41, 5.74) is 3.31. The molecule has 25 heavy (non-hydrogen) atoms. The van der Waals surface area contributed by atoms with Crippen LogP contribution >= 0.6 is 0 Å². The number of carbonyl (C=O) groups excluding carboxylic acids is 1. The van der Waals surface area contributed by atoms with Crippen molar-refractivity contribution in [3.63, 3.8) is 0 Å². The molecule has 1 aromatic heterocycles. The Morgan fingerprint density at radius 3 is 2.68 bits per heavy atom. The fourth-order valence-corrected chi connectivity index (χ4v) is 3.11. The van der Waals surface area contributed by atoms with Crippen molar-refractivity contribution in [1.82, 2.24) is 9.88 Å². The second-order valence-electron chi connectivity index (χ2n) is 7.06. The van der Waals surface area contributed by atoms with Crippen LogP contribution in [0, 0.1) is 6.92 Å². The second kappa shape index (κ2) is 7.68. The number of benzene rings is 1. The number of carbonyl (C=O) groups is 1. The summed E-state index contributed by atoms with van der Waals surface area (Å²) in [6, 6.07) is 14.1. The van der Waals surface area contributed by atoms with Crippen LogP contribution in [-0.2, 0) is 11.2 Å². The monoisotopic (exact) mass is 338 g/mol. The Morgan fingerprint density at radius 1 is 1.24 bits per heavy atom. The summed E-state index contributed by atoms with van der Waals surface area (Å²) in [5, 5.41) is 0. The Hall–Kier alpha value is -2.36. The highest BCUT2D eigenvalue weighted by molar-refractivity contribution is 5.79. The molecule has 1 aliphatic heterocycles. The highest BCUT2D eigenvalue weighted by Crippen LogP contribution is 2.19. The van der Waals surface area contributed by atoms with E-state index in [1.165, 1.54) is 5.56 Å². The topological polar surface area (TPSA) is 42.4 Å². The van der Waals surface area contributed by atoms with Crippen LogP contribution in [0.3, 0.4) is 0 Å². The Bertz CT molecular complexity index is 725. The van der Waals surface area contributed by atoms with Gasteiger partial charge in [-0.15, -0.1) is 0 Å². The number of aromatic nitrogens is 1. The van der Waals surface area contributed by atoms with Gasteiger partial charge >= 0.3 is 0 Å². The summed E-state index contributed by atoms with van der Waals surface area (Å²) in [5.74, 6) is 1.32. The number of hydrogen-bond donors (Lipinski definition) is 0. The van der Waals surface area contributed by atoms with E-state index in [0.29, 0.717) is 24.8 Å². The van der Waals surface area contributed by atoms with Crippen molar-refractivity contribution < 1.29 is 9.53 Å². The molecule has 132 valence electrons. The Morgan fingerprint density at radius 2 is 2.00 bits per heavy atom. The molecule has 2 heterocycles. The van der Waals surface area contributed by atoms with Crippen LogP contribution in [0.4, 0.5) is 0 Å². The van der Waals surface area contributed by atoms with Crippen molar-refractivity contribution >= 4 is 5.91 Å². The highest BCUT2D eigenvalue weighted by Gasteiger charge is 2.27. The van der Waals surface area contributed by atoms with Gasteiger partial charge in [-0.1, -0.05) is 44.2 Å². The van der Waals surface area contributed by atoms with Crippen LogP contribution in [0.1, 0.15) is 43.0 Å². The maximum absolute atomic E-state index is 12.5. The van der Waals surface area contributed by atoms with Crippen LogP contribution in [0.25, 0.3) is 0 Å². The number of amides is 1. The van der Waals surface area contributed by atoms with E-state index in [4.69, 9.17) is 4.74 Å². The average molecular weight is 338 g/mol. The van der Waals surface area contributed by atoms with Crippen LogP contribution in [0.5, 0.6) is 5.88 Å². The summed E-state index contributed by atoms with van der Waals surface area (Å²) in [6.07, 6.45) is 1.34. The van der Waals surface area contributed by atoms with Gasteiger partial charge in [-0.25, -0.2) is 4.98 Å². The maximum Gasteiger partial charge on any atom is 0.227 e. The molecule has 0 bridgehead atoms. The average Bonchev–Trinajstić information content (AvgIpc) is 3.04. The number of ether oxygens (including phenoxy) is 1. The lowest BCUT2D eigenvalue weighted by atomic mass is 10.0. The summed E-state index contributed by atoms with van der Waals surface area (Å²) in [7, 11) is 0. The number of pyridine rings is 1. The first-order valence-electron chi connectivity index (χ1n) is 8.98. The predicted molar refractivity (Wildman–Crippen MR) is 98.8 cm³/mol. The molecule has 2 aromatic rings. The van der Waals surface area contributed by atoms with E-state index in [0.717, 1.165) is 24.2 Å². The van der Waals surface area contributed by atoms with Crippen molar-refractivity contribution in [2.45, 2.75) is 45.6 Å². The van der Waals surface area contributed by atoms with Crippen LogP contribution in [-0.4, -0.2) is 35.0 Å². The lowest BCUT2D eigenvalue weighted by Gasteiger charge is -2.17. The van der Waals surface area contributed by atoms with Crippen LogP contribution in [0.15, 0.2) is 42.5 Å². The van der Waals surface area contributed by atoms with E-state index in [1.54, 1.807) is 0 Å². The first-order valence-corrected chi connectivity index (χ1v) is 8.98. The third kappa shape index (κ3) is 4.59. The molecule has 1 aromatic carbocycles. The predicted octanol–water partition coefficient (Wildman–Crippen LogP) is 3.74. The van der Waals surface area contributed by atoms with E-state index >= 15 is 0 Å². The molecule has 1 saturated heterocycles. The van der Waals surface area contributed by atoms with Crippen molar-refractivity contribution in [3.8, 4) is 5.88 Å². The van der Waals surface area contributed by atoms with E-state index < -0.39 is 0 Å². The minimum absolute atomic E-state index is 0.0292. The lowest BCUT2D eigenvalue weighted by Crippen LogP contribution is -2.32. The lowest BCUT2D eigenvalue weighted by molar-refractivity contribution is -0.129. The van der Waals surface area contributed by atoms with Crippen LogP contribution in [0.2, 0.25) is 0 Å². The molecule has 4 heteroatoms. The van der Waals surface area contributed by atoms with Crippen molar-refractivity contribution in [2.24, 2.45) is 0 Å². The summed E-state index contributed by atoms with van der Waals surface area (Å²) < 4.78 is 5.92. The smallest absolute Gasteiger partial charge is 0.227 e. The maximum atomic E-state index is 12.5. The summed E-state index contributed by atoms with van der Waals surface area (Å²) in [4.78, 5) is 18.8. The zero-order valence-electron chi connectivity index (χ0n) is 15.2. The van der Waals surface area contributed by atoms with Gasteiger partial charge in [0.25, 0.3) is 0 Å². The quantitative estimate of drug-likeness (QED) is 0.834. The van der Waals surface area contributed by atoms with Gasteiger partial charge < -0.3 is 9.64 Å². The Labute approximate surface area is 149 Å². The van der Waals surface area contributed by atoms with Gasteiger partial charge in [-0.05, 0) is 30.0 Å². The van der Waals surface area contributed by atoms with Gasteiger partial charge in [0.05, 0.1) is 13.0 Å². The number of hydrogen-bond acceptors (Lipinski definition) is 3. The van der Waals surface area contributed by atoms with Crippen LogP contribution < -0.4 is 4.74 Å². The van der Waals surface area contributed by atoms with E-state index in [2.05, 4.69) is 43.1 Å². The van der Waals surface area contributed by atoms with E-state index in [9.17, 15) is 4.79 Å². The van der Waals surface area contributed by atoms with Gasteiger partial charge in [0, 0.05) is 24.7 Å².